The summed E-state index contributed by atoms with van der Waals surface area (Å²) < 4.78 is 5.20. The number of anilines is 2. The maximum atomic E-state index is 13.1. The van der Waals surface area contributed by atoms with Gasteiger partial charge in [-0.15, -0.1) is 0 Å². The van der Waals surface area contributed by atoms with Crippen LogP contribution in [0.1, 0.15) is 41.6 Å². The van der Waals surface area contributed by atoms with E-state index in [4.69, 9.17) is 16.3 Å². The molecule has 0 unspecified atom stereocenters. The van der Waals surface area contributed by atoms with Crippen LogP contribution in [0.2, 0.25) is 5.02 Å². The molecule has 1 saturated heterocycles. The van der Waals surface area contributed by atoms with Gasteiger partial charge in [-0.3, -0.25) is 14.9 Å². The number of rotatable bonds is 7. The number of benzene rings is 1. The molecule has 4 N–H and O–H groups in total. The lowest BCUT2D eigenvalue weighted by molar-refractivity contribution is -0.129. The van der Waals surface area contributed by atoms with E-state index in [-0.39, 0.29) is 42.5 Å². The molecule has 13 heteroatoms. The predicted molar refractivity (Wildman–Crippen MR) is 141 cm³/mol. The predicted octanol–water partition coefficient (Wildman–Crippen LogP) is 1.77. The second-order valence-corrected chi connectivity index (χ2v) is 9.83. The first-order valence-electron chi connectivity index (χ1n) is 12.5. The third-order valence-corrected chi connectivity index (χ3v) is 6.99. The molecule has 1 aliphatic carbocycles. The summed E-state index contributed by atoms with van der Waals surface area (Å²) >= 11 is 6.25. The van der Waals surface area contributed by atoms with Gasteiger partial charge in [0.15, 0.2) is 0 Å². The number of carbonyl (C=O) groups excluding carboxylic acids is 3. The number of aromatic nitrogens is 2. The van der Waals surface area contributed by atoms with Crippen LogP contribution in [0, 0.1) is 0 Å². The molecular weight excluding hydrogens is 514 g/mol. The number of ether oxygens (including phenoxy) is 1. The average molecular weight is 546 g/mol. The molecule has 1 aromatic heterocycles. The Hall–Kier alpha value is -3.64. The second kappa shape index (κ2) is 12.3. The zero-order valence-corrected chi connectivity index (χ0v) is 22.1. The van der Waals surface area contributed by atoms with Gasteiger partial charge < -0.3 is 30.3 Å². The van der Waals surface area contributed by atoms with Crippen LogP contribution in [0.5, 0.6) is 5.75 Å². The minimum Gasteiger partial charge on any atom is -0.495 e. The molecule has 2 fully saturated rings. The van der Waals surface area contributed by atoms with E-state index in [1.807, 2.05) is 6.07 Å². The number of amides is 4. The van der Waals surface area contributed by atoms with E-state index in [2.05, 4.69) is 25.9 Å². The van der Waals surface area contributed by atoms with Gasteiger partial charge in [0.05, 0.1) is 24.8 Å². The number of hydrogen-bond acceptors (Lipinski definition) is 9. The Morgan fingerprint density at radius 3 is 2.66 bits per heavy atom. The van der Waals surface area contributed by atoms with Crippen LogP contribution in [0.25, 0.3) is 0 Å². The first-order valence-corrected chi connectivity index (χ1v) is 12.8. The van der Waals surface area contributed by atoms with Gasteiger partial charge in [0.2, 0.25) is 11.9 Å². The minimum atomic E-state index is -0.672. The number of methoxy groups -OCH3 is 1. The van der Waals surface area contributed by atoms with Gasteiger partial charge in [0.25, 0.3) is 5.91 Å². The Labute approximate surface area is 225 Å². The number of halogens is 1. The molecule has 4 rings (SSSR count). The van der Waals surface area contributed by atoms with Crippen LogP contribution in [-0.4, -0.2) is 83.8 Å². The fraction of sp³-hybridized carbons (Fsp3) is 0.480. The minimum absolute atomic E-state index is 0.0593. The van der Waals surface area contributed by atoms with Crippen molar-refractivity contribution >= 4 is 41.2 Å². The Bertz CT molecular complexity index is 1190. The summed E-state index contributed by atoms with van der Waals surface area (Å²) in [5, 5.41) is 18.4. The van der Waals surface area contributed by atoms with Crippen molar-refractivity contribution in [1.82, 2.24) is 25.5 Å². The maximum absolute atomic E-state index is 13.1. The van der Waals surface area contributed by atoms with Gasteiger partial charge in [-0.1, -0.05) is 17.7 Å². The van der Waals surface area contributed by atoms with E-state index >= 15 is 0 Å². The van der Waals surface area contributed by atoms with Crippen molar-refractivity contribution in [3.05, 3.63) is 40.5 Å². The molecule has 0 bridgehead atoms. The summed E-state index contributed by atoms with van der Waals surface area (Å²) in [4.78, 5) is 50.0. The molecule has 1 aliphatic heterocycles. The molecule has 38 heavy (non-hydrogen) atoms. The number of carbonyl (C=O) groups is 3. The van der Waals surface area contributed by atoms with E-state index in [1.165, 1.54) is 13.3 Å². The van der Waals surface area contributed by atoms with Gasteiger partial charge in [0.1, 0.15) is 17.1 Å². The lowest BCUT2D eigenvalue weighted by Gasteiger charge is -2.32. The van der Waals surface area contributed by atoms with Crippen molar-refractivity contribution in [3.8, 4) is 5.75 Å². The molecule has 4 amide bonds. The van der Waals surface area contributed by atoms with Crippen molar-refractivity contribution in [2.75, 3.05) is 44.0 Å². The molecule has 0 spiro atoms. The quantitative estimate of drug-likeness (QED) is 0.408. The Morgan fingerprint density at radius 1 is 1.21 bits per heavy atom. The number of likely N-dealkylation sites (N-methyl/N-ethyl adjacent to an activating group) is 1. The highest BCUT2D eigenvalue weighted by atomic mass is 35.5. The van der Waals surface area contributed by atoms with Crippen LogP contribution in [-0.2, 0) is 11.3 Å². The fourth-order valence-electron chi connectivity index (χ4n) is 4.37. The van der Waals surface area contributed by atoms with E-state index in [0.29, 0.717) is 55.5 Å². The molecule has 2 aliphatic rings. The molecule has 1 aromatic carbocycles. The van der Waals surface area contributed by atoms with Crippen molar-refractivity contribution < 1.29 is 24.2 Å². The van der Waals surface area contributed by atoms with Crippen molar-refractivity contribution in [3.63, 3.8) is 0 Å². The SMILES string of the molecule is COc1ccc(CNc2nc(N3CCN(C)C(=O)C3)ncc2C(=O)NC(=O)N[C@H]2CC[C@H](O)CC2)cc1Cl. The highest BCUT2D eigenvalue weighted by molar-refractivity contribution is 6.32. The summed E-state index contributed by atoms with van der Waals surface area (Å²) in [7, 11) is 3.27. The summed E-state index contributed by atoms with van der Waals surface area (Å²) in [5.41, 5.74) is 0.886. The zero-order valence-electron chi connectivity index (χ0n) is 21.4. The smallest absolute Gasteiger partial charge is 0.321 e. The van der Waals surface area contributed by atoms with Gasteiger partial charge >= 0.3 is 6.03 Å². The Balaban J connectivity index is 1.51. The Morgan fingerprint density at radius 2 is 1.97 bits per heavy atom. The molecular formula is C25H32ClN7O5. The number of urea groups is 1. The molecule has 2 heterocycles. The third kappa shape index (κ3) is 6.81. The number of nitrogens with one attached hydrogen (secondary N) is 3. The van der Waals surface area contributed by atoms with E-state index in [1.54, 1.807) is 29.0 Å². The van der Waals surface area contributed by atoms with Crippen molar-refractivity contribution in [2.45, 2.75) is 44.4 Å². The lowest BCUT2D eigenvalue weighted by atomic mass is 9.93. The highest BCUT2D eigenvalue weighted by Crippen LogP contribution is 2.26. The topological polar surface area (TPSA) is 149 Å². The molecule has 1 saturated carbocycles. The number of aliphatic hydroxyl groups is 1. The van der Waals surface area contributed by atoms with Gasteiger partial charge in [-0.25, -0.2) is 9.78 Å². The molecule has 0 radical (unpaired) electrons. The summed E-state index contributed by atoms with van der Waals surface area (Å²) in [6.45, 7) is 1.46. The standard InChI is InChI=1S/C25H32ClN7O5/c1-32-9-10-33(14-21(32)35)24-28-13-18(23(36)31-25(37)29-16-4-6-17(34)7-5-16)22(30-24)27-12-15-3-8-20(38-2)19(26)11-15/h3,8,11,13,16-17,34H,4-7,9-10,12,14H2,1-2H3,(H,27,28,30)(H2,29,31,36,37)/t16-,17-. The number of hydrogen-bond donors (Lipinski definition) is 4. The van der Waals surface area contributed by atoms with E-state index in [9.17, 15) is 19.5 Å². The number of piperazine rings is 1. The first-order chi connectivity index (χ1) is 18.2. The van der Waals surface area contributed by atoms with Crippen LogP contribution < -0.4 is 25.6 Å². The molecule has 0 atom stereocenters. The Kier molecular flexibility index (Phi) is 8.85. The van der Waals surface area contributed by atoms with E-state index in [0.717, 1.165) is 5.56 Å². The zero-order chi connectivity index (χ0) is 27.2. The van der Waals surface area contributed by atoms with Gasteiger partial charge in [0, 0.05) is 38.9 Å². The van der Waals surface area contributed by atoms with Crippen molar-refractivity contribution in [1.29, 1.82) is 0 Å². The summed E-state index contributed by atoms with van der Waals surface area (Å²) in [5.74, 6) is 0.312. The molecule has 2 aromatic rings. The monoisotopic (exact) mass is 545 g/mol. The average Bonchev–Trinajstić information content (AvgIpc) is 2.90. The summed E-state index contributed by atoms with van der Waals surface area (Å²) in [6, 6.07) is 4.56. The van der Waals surface area contributed by atoms with Crippen LogP contribution in [0.15, 0.2) is 24.4 Å². The largest absolute Gasteiger partial charge is 0.495 e. The van der Waals surface area contributed by atoms with Crippen molar-refractivity contribution in [2.24, 2.45) is 0 Å². The highest BCUT2D eigenvalue weighted by Gasteiger charge is 2.26. The molecule has 12 nitrogen and oxygen atoms in total. The lowest BCUT2D eigenvalue weighted by Crippen LogP contribution is -2.49. The normalized spacial score (nSPS) is 19.6. The number of nitrogens with zero attached hydrogens (tertiary/aromatic N) is 4. The third-order valence-electron chi connectivity index (χ3n) is 6.70. The van der Waals surface area contributed by atoms with Crippen LogP contribution in [0.3, 0.4) is 0 Å². The van der Waals surface area contributed by atoms with Gasteiger partial charge in [-0.05, 0) is 43.4 Å². The van der Waals surface area contributed by atoms with Gasteiger partial charge in [-0.2, -0.15) is 4.98 Å². The second-order valence-electron chi connectivity index (χ2n) is 9.42. The van der Waals surface area contributed by atoms with Crippen LogP contribution in [0.4, 0.5) is 16.6 Å². The van der Waals surface area contributed by atoms with E-state index < -0.39 is 11.9 Å². The van der Waals surface area contributed by atoms with Crippen LogP contribution >= 0.6 is 11.6 Å². The fourth-order valence-corrected chi connectivity index (χ4v) is 4.65. The summed E-state index contributed by atoms with van der Waals surface area (Å²) in [6.07, 6.45) is 3.48. The number of imide groups is 1. The first kappa shape index (κ1) is 27.4. The maximum Gasteiger partial charge on any atom is 0.321 e. The number of aliphatic hydroxyl groups excluding tert-OH is 1. The molecule has 204 valence electrons.